The summed E-state index contributed by atoms with van der Waals surface area (Å²) in [6.45, 7) is 0. The van der Waals surface area contributed by atoms with Gasteiger partial charge < -0.3 is 0 Å². The normalized spacial score (nSPS) is 13.4. The van der Waals surface area contributed by atoms with Crippen LogP contribution in [0.3, 0.4) is 0 Å². The molecule has 1 aromatic carbocycles. The van der Waals surface area contributed by atoms with Gasteiger partial charge in [0.2, 0.25) is 0 Å². The van der Waals surface area contributed by atoms with Crippen LogP contribution in [0.25, 0.3) is 0 Å². The first-order valence-corrected chi connectivity index (χ1v) is 7.50. The molecular formula is C13H11BrF4N2S. The van der Waals surface area contributed by atoms with Gasteiger partial charge in [0.15, 0.2) is 0 Å². The van der Waals surface area contributed by atoms with Crippen LogP contribution in [0.15, 0.2) is 34.1 Å². The first-order valence-electron chi connectivity index (χ1n) is 5.89. The molecule has 8 heteroatoms. The fourth-order valence-electron chi connectivity index (χ4n) is 1.96. The van der Waals surface area contributed by atoms with E-state index in [2.05, 4.69) is 21.4 Å². The average Bonchev–Trinajstić information content (AvgIpc) is 2.81. The number of nitrogens with one attached hydrogen (secondary N) is 1. The lowest BCUT2D eigenvalue weighted by Crippen LogP contribution is -2.30. The zero-order chi connectivity index (χ0) is 15.6. The van der Waals surface area contributed by atoms with Crippen molar-refractivity contribution in [1.82, 2.24) is 5.43 Å². The van der Waals surface area contributed by atoms with Gasteiger partial charge in [-0.15, -0.1) is 11.3 Å². The van der Waals surface area contributed by atoms with Crippen LogP contribution in [0.4, 0.5) is 17.6 Å². The highest BCUT2D eigenvalue weighted by Gasteiger charge is 2.35. The molecule has 114 valence electrons. The molecule has 2 nitrogen and oxygen atoms in total. The van der Waals surface area contributed by atoms with E-state index in [4.69, 9.17) is 5.84 Å². The molecule has 0 saturated heterocycles. The van der Waals surface area contributed by atoms with Gasteiger partial charge >= 0.3 is 6.18 Å². The molecule has 1 unspecified atom stereocenters. The van der Waals surface area contributed by atoms with Gasteiger partial charge in [0.05, 0.1) is 15.4 Å². The van der Waals surface area contributed by atoms with Crippen molar-refractivity contribution in [3.05, 3.63) is 55.9 Å². The highest BCUT2D eigenvalue weighted by molar-refractivity contribution is 9.11. The Morgan fingerprint density at radius 1 is 1.24 bits per heavy atom. The number of nitrogens with two attached hydrogens (primary N) is 1. The summed E-state index contributed by atoms with van der Waals surface area (Å²) in [6.07, 6.45) is -4.43. The molecule has 0 spiro atoms. The van der Waals surface area contributed by atoms with Crippen molar-refractivity contribution in [1.29, 1.82) is 0 Å². The van der Waals surface area contributed by atoms with Crippen molar-refractivity contribution in [2.75, 3.05) is 0 Å². The number of rotatable bonds is 4. The van der Waals surface area contributed by atoms with Gasteiger partial charge in [-0.25, -0.2) is 4.39 Å². The Morgan fingerprint density at radius 2 is 1.95 bits per heavy atom. The van der Waals surface area contributed by atoms with Gasteiger partial charge in [0.25, 0.3) is 0 Å². The van der Waals surface area contributed by atoms with E-state index in [9.17, 15) is 17.6 Å². The second-order valence-electron chi connectivity index (χ2n) is 4.34. The van der Waals surface area contributed by atoms with Crippen LogP contribution >= 0.6 is 27.3 Å². The third kappa shape index (κ3) is 3.82. The molecule has 3 N–H and O–H groups in total. The van der Waals surface area contributed by atoms with E-state index in [-0.39, 0.29) is 5.56 Å². The van der Waals surface area contributed by atoms with Gasteiger partial charge in [0, 0.05) is 16.9 Å². The van der Waals surface area contributed by atoms with E-state index < -0.39 is 23.6 Å². The minimum Gasteiger partial charge on any atom is -0.271 e. The first-order chi connectivity index (χ1) is 9.82. The van der Waals surface area contributed by atoms with Crippen LogP contribution in [0.2, 0.25) is 0 Å². The molecule has 0 aliphatic carbocycles. The zero-order valence-corrected chi connectivity index (χ0v) is 12.9. The second-order valence-corrected chi connectivity index (χ2v) is 6.88. The van der Waals surface area contributed by atoms with Crippen molar-refractivity contribution in [2.45, 2.75) is 18.6 Å². The predicted molar refractivity (Wildman–Crippen MR) is 77.2 cm³/mol. The van der Waals surface area contributed by atoms with Crippen LogP contribution in [0.5, 0.6) is 0 Å². The van der Waals surface area contributed by atoms with Crippen LogP contribution in [-0.2, 0) is 12.6 Å². The van der Waals surface area contributed by atoms with Crippen molar-refractivity contribution in [3.63, 3.8) is 0 Å². The van der Waals surface area contributed by atoms with E-state index >= 15 is 0 Å². The molecule has 2 rings (SSSR count). The van der Waals surface area contributed by atoms with Crippen LogP contribution in [-0.4, -0.2) is 0 Å². The monoisotopic (exact) mass is 382 g/mol. The fraction of sp³-hybridized carbons (Fsp3) is 0.231. The Balaban J connectivity index is 2.34. The Bertz CT molecular complexity index is 627. The maximum Gasteiger partial charge on any atom is 0.419 e. The molecule has 0 aliphatic rings. The lowest BCUT2D eigenvalue weighted by Gasteiger charge is -2.18. The highest BCUT2D eigenvalue weighted by Crippen LogP contribution is 2.35. The minimum atomic E-state index is -4.73. The summed E-state index contributed by atoms with van der Waals surface area (Å²) in [4.78, 5) is 0.877. The van der Waals surface area contributed by atoms with E-state index in [1.54, 1.807) is 0 Å². The standard InChI is InChI=1S/C13H11BrF4N2S/c14-11-5-4-7(21-11)6-10(20-19)8-2-1-3-9(12(8)15)13(16,17)18/h1-5,10,20H,6,19H2. The van der Waals surface area contributed by atoms with Gasteiger partial charge in [-0.2, -0.15) is 13.2 Å². The molecular weight excluding hydrogens is 372 g/mol. The highest BCUT2D eigenvalue weighted by atomic mass is 79.9. The number of hydrogen-bond acceptors (Lipinski definition) is 3. The summed E-state index contributed by atoms with van der Waals surface area (Å²) in [7, 11) is 0. The zero-order valence-electron chi connectivity index (χ0n) is 10.5. The van der Waals surface area contributed by atoms with Crippen molar-refractivity contribution in [3.8, 4) is 0 Å². The van der Waals surface area contributed by atoms with Crippen LogP contribution in [0.1, 0.15) is 22.0 Å². The first kappa shape index (κ1) is 16.4. The summed E-state index contributed by atoms with van der Waals surface area (Å²) >= 11 is 4.71. The smallest absolute Gasteiger partial charge is 0.271 e. The number of alkyl halides is 3. The Kier molecular flexibility index (Phi) is 5.03. The number of thiophene rings is 1. The Hall–Kier alpha value is -0.960. The molecule has 1 aromatic heterocycles. The van der Waals surface area contributed by atoms with Gasteiger partial charge in [-0.05, 0) is 34.1 Å². The molecule has 0 radical (unpaired) electrons. The Labute approximate surface area is 131 Å². The molecule has 1 heterocycles. The van der Waals surface area contributed by atoms with Crippen molar-refractivity contribution >= 4 is 27.3 Å². The SMILES string of the molecule is NNC(Cc1ccc(Br)s1)c1cccc(C(F)(F)F)c1F. The maximum atomic E-state index is 14.1. The molecule has 0 bridgehead atoms. The maximum absolute atomic E-state index is 14.1. The van der Waals surface area contributed by atoms with Crippen molar-refractivity contribution in [2.24, 2.45) is 5.84 Å². The third-order valence-corrected chi connectivity index (χ3v) is 4.59. The van der Waals surface area contributed by atoms with E-state index in [1.807, 2.05) is 12.1 Å². The number of halogens is 5. The van der Waals surface area contributed by atoms with E-state index in [0.29, 0.717) is 12.5 Å². The fourth-order valence-corrected chi connectivity index (χ4v) is 3.49. The summed E-state index contributed by atoms with van der Waals surface area (Å²) in [5, 5.41) is 0. The Morgan fingerprint density at radius 3 is 2.48 bits per heavy atom. The summed E-state index contributed by atoms with van der Waals surface area (Å²) < 4.78 is 53.2. The molecule has 0 aliphatic heterocycles. The molecule has 1 atom stereocenters. The summed E-state index contributed by atoms with van der Waals surface area (Å²) in [5.41, 5.74) is 0.995. The molecule has 0 saturated carbocycles. The molecule has 0 amide bonds. The van der Waals surface area contributed by atoms with Gasteiger partial charge in [0.1, 0.15) is 5.82 Å². The average molecular weight is 383 g/mol. The molecule has 0 fully saturated rings. The lowest BCUT2D eigenvalue weighted by atomic mass is 10.00. The quantitative estimate of drug-likeness (QED) is 0.466. The van der Waals surface area contributed by atoms with Crippen LogP contribution < -0.4 is 11.3 Å². The van der Waals surface area contributed by atoms with Gasteiger partial charge in [-0.1, -0.05) is 12.1 Å². The number of hydrazine groups is 1. The second kappa shape index (κ2) is 6.43. The van der Waals surface area contributed by atoms with Gasteiger partial charge in [-0.3, -0.25) is 11.3 Å². The van der Waals surface area contributed by atoms with E-state index in [0.717, 1.165) is 8.66 Å². The van der Waals surface area contributed by atoms with Crippen LogP contribution in [0, 0.1) is 5.82 Å². The minimum absolute atomic E-state index is 0.100. The predicted octanol–water partition coefficient (Wildman–Crippen LogP) is 4.42. The topological polar surface area (TPSA) is 38.0 Å². The lowest BCUT2D eigenvalue weighted by molar-refractivity contribution is -0.140. The number of benzene rings is 1. The largest absolute Gasteiger partial charge is 0.419 e. The summed E-state index contributed by atoms with van der Waals surface area (Å²) in [5.74, 6) is 4.09. The molecule has 2 aromatic rings. The number of hydrogen-bond donors (Lipinski definition) is 2. The van der Waals surface area contributed by atoms with Crippen molar-refractivity contribution < 1.29 is 17.6 Å². The molecule has 21 heavy (non-hydrogen) atoms. The summed E-state index contributed by atoms with van der Waals surface area (Å²) in [6, 6.07) is 6.08. The van der Waals surface area contributed by atoms with E-state index in [1.165, 1.54) is 23.5 Å². The third-order valence-electron chi connectivity index (χ3n) is 2.94.